The van der Waals surface area contributed by atoms with Crippen LogP contribution in [0, 0.1) is 76.4 Å². The molecule has 3 saturated carbocycles. The van der Waals surface area contributed by atoms with Crippen LogP contribution in [-0.2, 0) is 0 Å². The Morgan fingerprint density at radius 1 is 0.771 bits per heavy atom. The van der Waals surface area contributed by atoms with E-state index in [1.807, 2.05) is 11.1 Å². The molecule has 0 spiro atoms. The molecule has 2 heterocycles. The monoisotopic (exact) mass is 656 g/mol. The summed E-state index contributed by atoms with van der Waals surface area (Å²) in [5, 5.41) is 11.7. The molecule has 0 aromatic carbocycles. The normalized spacial score (nSPS) is 43.6. The lowest BCUT2D eigenvalue weighted by molar-refractivity contribution is 0.207. The summed E-state index contributed by atoms with van der Waals surface area (Å²) >= 11 is 2.28. The number of hydrogen-bond donors (Lipinski definition) is 0. The molecule has 10 unspecified atom stereocenters. The smallest absolute Gasteiger partial charge is 0.0969 e. The number of nitrogens with zero attached hydrogens (tertiary/aromatic N) is 2. The van der Waals surface area contributed by atoms with Crippen molar-refractivity contribution >= 4 is 17.5 Å². The molecule has 0 saturated heterocycles. The average molecular weight is 657 g/mol. The van der Waals surface area contributed by atoms with Crippen molar-refractivity contribution in [2.45, 2.75) is 127 Å². The fourth-order valence-electron chi connectivity index (χ4n) is 13.3. The zero-order chi connectivity index (χ0) is 31.8. The SMILES string of the molecule is N#CC1=C(C2C=CC(C3CCCCC3)CC2)N=C([C@H]2C3C4=C(CCC5SC6=C(C=CCC6)C45)C4CCCCC4C32)CC1C1CC=CCC1. The van der Waals surface area contributed by atoms with Crippen molar-refractivity contribution in [2.75, 3.05) is 0 Å². The second-order valence-electron chi connectivity index (χ2n) is 17.7. The quantitative estimate of drug-likeness (QED) is 0.282. The Hall–Kier alpha value is -2.05. The molecule has 10 rings (SSSR count). The molecule has 0 aromatic heterocycles. The maximum Gasteiger partial charge on any atom is 0.0969 e. The lowest BCUT2D eigenvalue weighted by Crippen LogP contribution is -2.35. The third kappa shape index (κ3) is 5.03. The first-order chi connectivity index (χ1) is 23.8. The van der Waals surface area contributed by atoms with Gasteiger partial charge < -0.3 is 0 Å². The summed E-state index contributed by atoms with van der Waals surface area (Å²) in [7, 11) is 0. The minimum absolute atomic E-state index is 0.333. The molecule has 8 aliphatic carbocycles. The maximum atomic E-state index is 10.9. The van der Waals surface area contributed by atoms with Crippen LogP contribution in [0.1, 0.15) is 122 Å². The van der Waals surface area contributed by atoms with Crippen LogP contribution in [0.15, 0.2) is 74.3 Å². The Morgan fingerprint density at radius 3 is 2.50 bits per heavy atom. The van der Waals surface area contributed by atoms with Crippen molar-refractivity contribution in [1.29, 1.82) is 5.26 Å². The van der Waals surface area contributed by atoms with E-state index in [9.17, 15) is 5.26 Å². The molecular formula is C45H56N2S. The van der Waals surface area contributed by atoms with Gasteiger partial charge in [0.1, 0.15) is 0 Å². The number of fused-ring (bicyclic) bond motifs is 8. The predicted molar refractivity (Wildman–Crippen MR) is 199 cm³/mol. The van der Waals surface area contributed by atoms with Gasteiger partial charge in [-0.1, -0.05) is 79.7 Å². The van der Waals surface area contributed by atoms with E-state index in [4.69, 9.17) is 4.99 Å². The predicted octanol–water partition coefficient (Wildman–Crippen LogP) is 11.9. The second-order valence-corrected chi connectivity index (χ2v) is 19.0. The van der Waals surface area contributed by atoms with Gasteiger partial charge in [-0.2, -0.15) is 5.26 Å². The molecule has 3 fully saturated rings. The van der Waals surface area contributed by atoms with E-state index in [0.29, 0.717) is 29.6 Å². The van der Waals surface area contributed by atoms with Gasteiger partial charge in [0.25, 0.3) is 0 Å². The lowest BCUT2D eigenvalue weighted by Gasteiger charge is -2.44. The first-order valence-corrected chi connectivity index (χ1v) is 21.5. The number of allylic oxidation sites excluding steroid dienone is 11. The second kappa shape index (κ2) is 12.6. The molecule has 0 radical (unpaired) electrons. The molecule has 48 heavy (non-hydrogen) atoms. The number of aliphatic imine (C=N–C) groups is 1. The first kappa shape index (κ1) is 30.7. The first-order valence-electron chi connectivity index (χ1n) is 20.6. The minimum atomic E-state index is 0.333. The third-order valence-corrected chi connectivity index (χ3v) is 17.0. The summed E-state index contributed by atoms with van der Waals surface area (Å²) in [6.45, 7) is 0. The van der Waals surface area contributed by atoms with Crippen LogP contribution in [0.5, 0.6) is 0 Å². The Morgan fingerprint density at radius 2 is 1.67 bits per heavy atom. The van der Waals surface area contributed by atoms with E-state index < -0.39 is 0 Å². The summed E-state index contributed by atoms with van der Waals surface area (Å²) < 4.78 is 0. The van der Waals surface area contributed by atoms with Crippen molar-refractivity contribution in [1.82, 2.24) is 0 Å². The highest BCUT2D eigenvalue weighted by Gasteiger charge is 2.65. The summed E-state index contributed by atoms with van der Waals surface area (Å²) in [5.74, 6) is 7.48. The van der Waals surface area contributed by atoms with E-state index in [-0.39, 0.29) is 0 Å². The highest BCUT2D eigenvalue weighted by Crippen LogP contribution is 2.71. The van der Waals surface area contributed by atoms with E-state index in [2.05, 4.69) is 54.3 Å². The highest BCUT2D eigenvalue weighted by molar-refractivity contribution is 8.04. The molecule has 252 valence electrons. The number of hydrogen-bond acceptors (Lipinski definition) is 3. The summed E-state index contributed by atoms with van der Waals surface area (Å²) in [4.78, 5) is 7.56. The van der Waals surface area contributed by atoms with E-state index in [1.165, 1.54) is 115 Å². The lowest BCUT2D eigenvalue weighted by atomic mass is 9.62. The van der Waals surface area contributed by atoms with Gasteiger partial charge in [-0.05, 0) is 142 Å². The summed E-state index contributed by atoms with van der Waals surface area (Å²) in [6.07, 6.45) is 40.2. The van der Waals surface area contributed by atoms with Gasteiger partial charge in [0, 0.05) is 34.6 Å². The summed E-state index contributed by atoms with van der Waals surface area (Å²) in [6, 6.07) is 2.86. The van der Waals surface area contributed by atoms with Crippen molar-refractivity contribution in [3.63, 3.8) is 0 Å². The van der Waals surface area contributed by atoms with Crippen LogP contribution in [-0.4, -0.2) is 11.0 Å². The van der Waals surface area contributed by atoms with Gasteiger partial charge in [0.05, 0.1) is 17.3 Å². The summed E-state index contributed by atoms with van der Waals surface area (Å²) in [5.41, 5.74) is 9.45. The molecular weight excluding hydrogens is 601 g/mol. The van der Waals surface area contributed by atoms with Gasteiger partial charge in [0.2, 0.25) is 0 Å². The molecule has 0 bridgehead atoms. The van der Waals surface area contributed by atoms with Crippen molar-refractivity contribution < 1.29 is 0 Å². The van der Waals surface area contributed by atoms with Crippen LogP contribution < -0.4 is 0 Å². The molecule has 2 nitrogen and oxygen atoms in total. The largest absolute Gasteiger partial charge is 0.260 e. The van der Waals surface area contributed by atoms with Gasteiger partial charge >= 0.3 is 0 Å². The van der Waals surface area contributed by atoms with E-state index in [0.717, 1.165) is 59.2 Å². The Labute approximate surface area is 294 Å². The van der Waals surface area contributed by atoms with Crippen LogP contribution in [0.2, 0.25) is 0 Å². The molecule has 11 atom stereocenters. The number of rotatable bonds is 4. The van der Waals surface area contributed by atoms with Gasteiger partial charge in [0.15, 0.2) is 0 Å². The molecule has 0 N–H and O–H groups in total. The van der Waals surface area contributed by atoms with Crippen LogP contribution in [0.4, 0.5) is 0 Å². The number of thioether (sulfide) groups is 1. The zero-order valence-electron chi connectivity index (χ0n) is 29.1. The van der Waals surface area contributed by atoms with E-state index in [1.54, 1.807) is 16.2 Å². The third-order valence-electron chi connectivity index (χ3n) is 15.5. The van der Waals surface area contributed by atoms with E-state index >= 15 is 0 Å². The molecule has 0 aromatic rings. The van der Waals surface area contributed by atoms with Crippen LogP contribution in [0.3, 0.4) is 0 Å². The van der Waals surface area contributed by atoms with Gasteiger partial charge in [-0.25, -0.2) is 0 Å². The standard InChI is InChI=1S/C45H56N2S/c46-26-36-35(29-13-5-2-6-14-29)25-37(47-45(36)30-21-19-28(20-22-30)27-11-3-1-4-12-27)43-42-32-16-8-7-15-31(32)33-23-24-39-40(41(33)44(42)43)34-17-9-10-18-38(34)48-39/h2,5,9,17,19,21,27-32,35,39-40,42-44H,1,3-4,6-8,10-16,18,20,22-25H2/t28?,29?,30?,31?,32?,35?,39?,40?,42?,43-,44?/m1/s1. The molecule has 10 aliphatic rings. The Kier molecular flexibility index (Phi) is 8.08. The van der Waals surface area contributed by atoms with Crippen LogP contribution >= 0.6 is 11.8 Å². The van der Waals surface area contributed by atoms with Crippen LogP contribution in [0.25, 0.3) is 0 Å². The van der Waals surface area contributed by atoms with Crippen molar-refractivity contribution in [3.05, 3.63) is 69.4 Å². The fraction of sp³-hybridized carbons (Fsp3) is 0.689. The van der Waals surface area contributed by atoms with Gasteiger partial charge in [-0.3, -0.25) is 4.99 Å². The Balaban J connectivity index is 1.03. The molecule has 3 heteroatoms. The fourth-order valence-corrected chi connectivity index (χ4v) is 14.9. The number of nitriles is 1. The van der Waals surface area contributed by atoms with Crippen molar-refractivity contribution in [3.8, 4) is 6.07 Å². The minimum Gasteiger partial charge on any atom is -0.260 e. The maximum absolute atomic E-state index is 10.9. The molecule has 0 amide bonds. The topological polar surface area (TPSA) is 36.1 Å². The Bertz CT molecular complexity index is 1590. The van der Waals surface area contributed by atoms with Gasteiger partial charge in [-0.15, -0.1) is 11.8 Å². The zero-order valence-corrected chi connectivity index (χ0v) is 29.9. The molecule has 2 aliphatic heterocycles. The highest BCUT2D eigenvalue weighted by atomic mass is 32.2. The van der Waals surface area contributed by atoms with Crippen molar-refractivity contribution in [2.24, 2.45) is 70.1 Å². The average Bonchev–Trinajstić information content (AvgIpc) is 3.80.